The minimum Gasteiger partial charge on any atom is -0.456 e. The molecular formula is C10H15FO6. The van der Waals surface area contributed by atoms with E-state index in [0.29, 0.717) is 0 Å². The maximum atomic E-state index is 13.6. The van der Waals surface area contributed by atoms with Crippen LogP contribution in [0.15, 0.2) is 0 Å². The lowest BCUT2D eigenvalue weighted by molar-refractivity contribution is -0.269. The number of rotatable bonds is 2. The van der Waals surface area contributed by atoms with Crippen LogP contribution in [0.25, 0.3) is 0 Å². The number of halogens is 1. The Balaban J connectivity index is 2.86. The first-order chi connectivity index (χ1) is 7.82. The Hall–Kier alpha value is -1.21. The molecule has 98 valence electrons. The summed E-state index contributed by atoms with van der Waals surface area (Å²) in [5, 5.41) is 9.25. The van der Waals surface area contributed by atoms with Crippen molar-refractivity contribution >= 4 is 11.9 Å². The number of carbonyl (C=O) groups excluding carboxylic acids is 2. The molecule has 0 aliphatic carbocycles. The molecule has 5 atom stereocenters. The van der Waals surface area contributed by atoms with E-state index < -0.39 is 42.7 Å². The van der Waals surface area contributed by atoms with Crippen molar-refractivity contribution < 1.29 is 33.3 Å². The molecule has 0 amide bonds. The van der Waals surface area contributed by atoms with Crippen molar-refractivity contribution in [2.75, 3.05) is 0 Å². The molecule has 0 radical (unpaired) electrons. The van der Waals surface area contributed by atoms with E-state index in [1.54, 1.807) is 0 Å². The van der Waals surface area contributed by atoms with Crippen LogP contribution in [0.2, 0.25) is 0 Å². The minimum atomic E-state index is -1.96. The van der Waals surface area contributed by atoms with E-state index in [0.717, 1.165) is 13.8 Å². The van der Waals surface area contributed by atoms with E-state index in [9.17, 15) is 19.1 Å². The molecule has 1 heterocycles. The van der Waals surface area contributed by atoms with Crippen molar-refractivity contribution in [3.63, 3.8) is 0 Å². The number of hydrogen-bond acceptors (Lipinski definition) is 6. The van der Waals surface area contributed by atoms with Gasteiger partial charge < -0.3 is 19.3 Å². The summed E-state index contributed by atoms with van der Waals surface area (Å²) >= 11 is 0. The van der Waals surface area contributed by atoms with Crippen molar-refractivity contribution in [2.45, 2.75) is 51.5 Å². The first kappa shape index (κ1) is 13.9. The lowest BCUT2D eigenvalue weighted by atomic mass is 10.0. The van der Waals surface area contributed by atoms with Crippen LogP contribution in [-0.2, 0) is 23.8 Å². The molecule has 0 aromatic rings. The second kappa shape index (κ2) is 5.42. The third-order valence-corrected chi connectivity index (χ3v) is 2.33. The average molecular weight is 250 g/mol. The molecule has 0 bridgehead atoms. The Labute approximate surface area is 97.6 Å². The molecule has 7 heteroatoms. The average Bonchev–Trinajstić information content (AvgIpc) is 2.19. The molecule has 1 saturated heterocycles. The highest BCUT2D eigenvalue weighted by Gasteiger charge is 2.48. The summed E-state index contributed by atoms with van der Waals surface area (Å²) < 4.78 is 28.0. The van der Waals surface area contributed by atoms with E-state index in [2.05, 4.69) is 0 Å². The zero-order chi connectivity index (χ0) is 13.2. The Kier molecular flexibility index (Phi) is 4.41. The first-order valence-electron chi connectivity index (χ1n) is 5.15. The van der Waals surface area contributed by atoms with Gasteiger partial charge in [0.15, 0.2) is 24.7 Å². The minimum absolute atomic E-state index is 0.647. The molecular weight excluding hydrogens is 235 g/mol. The third kappa shape index (κ3) is 3.37. The number of esters is 2. The Morgan fingerprint density at radius 2 is 1.65 bits per heavy atom. The van der Waals surface area contributed by atoms with Crippen LogP contribution in [0.4, 0.5) is 4.39 Å². The molecule has 0 saturated carbocycles. The van der Waals surface area contributed by atoms with E-state index in [1.165, 1.54) is 6.92 Å². The van der Waals surface area contributed by atoms with Gasteiger partial charge in [0.05, 0.1) is 6.10 Å². The van der Waals surface area contributed by atoms with Gasteiger partial charge in [-0.25, -0.2) is 4.39 Å². The second-order valence-corrected chi connectivity index (χ2v) is 3.82. The van der Waals surface area contributed by atoms with Crippen LogP contribution in [0.1, 0.15) is 20.8 Å². The first-order valence-corrected chi connectivity index (χ1v) is 5.15. The number of aliphatic hydroxyl groups is 1. The molecule has 0 unspecified atom stereocenters. The smallest absolute Gasteiger partial charge is 0.303 e. The van der Waals surface area contributed by atoms with Crippen LogP contribution < -0.4 is 0 Å². The molecule has 1 aliphatic rings. The molecule has 1 rings (SSSR count). The fourth-order valence-corrected chi connectivity index (χ4v) is 1.66. The van der Waals surface area contributed by atoms with E-state index in [-0.39, 0.29) is 0 Å². The summed E-state index contributed by atoms with van der Waals surface area (Å²) in [7, 11) is 0. The zero-order valence-corrected chi connectivity index (χ0v) is 9.75. The fourth-order valence-electron chi connectivity index (χ4n) is 1.66. The topological polar surface area (TPSA) is 82.1 Å². The maximum Gasteiger partial charge on any atom is 0.303 e. The molecule has 6 nitrogen and oxygen atoms in total. The van der Waals surface area contributed by atoms with E-state index in [4.69, 9.17) is 14.2 Å². The summed E-state index contributed by atoms with van der Waals surface area (Å²) in [6.45, 7) is 3.74. The van der Waals surface area contributed by atoms with E-state index in [1.807, 2.05) is 0 Å². The third-order valence-electron chi connectivity index (χ3n) is 2.33. The van der Waals surface area contributed by atoms with Gasteiger partial charge in [-0.1, -0.05) is 0 Å². The predicted molar refractivity (Wildman–Crippen MR) is 52.6 cm³/mol. The Morgan fingerprint density at radius 1 is 1.18 bits per heavy atom. The Morgan fingerprint density at radius 3 is 2.12 bits per heavy atom. The summed E-state index contributed by atoms with van der Waals surface area (Å²) in [5.74, 6) is -1.37. The van der Waals surface area contributed by atoms with Crippen molar-refractivity contribution in [3.8, 4) is 0 Å². The van der Waals surface area contributed by atoms with Crippen molar-refractivity contribution in [1.82, 2.24) is 0 Å². The number of carbonyl (C=O) groups is 2. The van der Waals surface area contributed by atoms with Crippen molar-refractivity contribution in [1.29, 1.82) is 0 Å². The fraction of sp³-hybridized carbons (Fsp3) is 0.800. The van der Waals surface area contributed by atoms with Crippen LogP contribution in [-0.4, -0.2) is 47.8 Å². The number of ether oxygens (including phenoxy) is 3. The van der Waals surface area contributed by atoms with Crippen LogP contribution in [0.5, 0.6) is 0 Å². The summed E-state index contributed by atoms with van der Waals surface area (Å²) in [6.07, 6.45) is -6.88. The zero-order valence-electron chi connectivity index (χ0n) is 9.75. The highest BCUT2D eigenvalue weighted by molar-refractivity contribution is 5.67. The summed E-state index contributed by atoms with van der Waals surface area (Å²) in [4.78, 5) is 21.7. The molecule has 0 aromatic heterocycles. The number of hydrogen-bond donors (Lipinski definition) is 1. The van der Waals surface area contributed by atoms with Gasteiger partial charge in [-0.2, -0.15) is 0 Å². The summed E-state index contributed by atoms with van der Waals surface area (Å²) in [6, 6.07) is 0. The largest absolute Gasteiger partial charge is 0.456 e. The SMILES string of the molecule is CC(=O)O[C@@H]1[C@@H](F)[C@@H](O)O[C@H](C)[C@@H]1OC(C)=O. The quantitative estimate of drug-likeness (QED) is 0.690. The lowest BCUT2D eigenvalue weighted by Gasteiger charge is -2.39. The van der Waals surface area contributed by atoms with Crippen molar-refractivity contribution in [2.24, 2.45) is 0 Å². The summed E-state index contributed by atoms with van der Waals surface area (Å²) in [5.41, 5.74) is 0. The van der Waals surface area contributed by atoms with Crippen LogP contribution >= 0.6 is 0 Å². The van der Waals surface area contributed by atoms with Gasteiger partial charge in [0.1, 0.15) is 0 Å². The van der Waals surface area contributed by atoms with Gasteiger partial charge in [-0.15, -0.1) is 0 Å². The molecule has 1 aliphatic heterocycles. The van der Waals surface area contributed by atoms with Gasteiger partial charge in [0, 0.05) is 13.8 Å². The highest BCUT2D eigenvalue weighted by Crippen LogP contribution is 2.27. The normalized spacial score (nSPS) is 37.4. The maximum absolute atomic E-state index is 13.6. The highest BCUT2D eigenvalue weighted by atomic mass is 19.1. The van der Waals surface area contributed by atoms with Crippen LogP contribution in [0.3, 0.4) is 0 Å². The monoisotopic (exact) mass is 250 g/mol. The van der Waals surface area contributed by atoms with Gasteiger partial charge in [-0.3, -0.25) is 9.59 Å². The van der Waals surface area contributed by atoms with Crippen molar-refractivity contribution in [3.05, 3.63) is 0 Å². The van der Waals surface area contributed by atoms with Crippen LogP contribution in [0, 0.1) is 0 Å². The molecule has 1 fully saturated rings. The number of aliphatic hydroxyl groups excluding tert-OH is 1. The Bertz CT molecular complexity index is 307. The standard InChI is InChI=1S/C10H15FO6/c1-4-8(16-5(2)12)9(17-6(3)13)7(11)10(14)15-4/h4,7-10,14H,1-3H3/t4-,7-,8+,9-,10+/m1/s1. The lowest BCUT2D eigenvalue weighted by Crippen LogP contribution is -2.57. The van der Waals surface area contributed by atoms with Gasteiger partial charge in [-0.05, 0) is 6.92 Å². The molecule has 17 heavy (non-hydrogen) atoms. The second-order valence-electron chi connectivity index (χ2n) is 3.82. The number of alkyl halides is 1. The van der Waals surface area contributed by atoms with Gasteiger partial charge in [0.2, 0.25) is 0 Å². The van der Waals surface area contributed by atoms with Gasteiger partial charge >= 0.3 is 11.9 Å². The molecule has 1 N–H and O–H groups in total. The van der Waals surface area contributed by atoms with Gasteiger partial charge in [0.25, 0.3) is 0 Å². The van der Waals surface area contributed by atoms with E-state index >= 15 is 0 Å². The predicted octanol–water partition coefficient (Wildman–Crippen LogP) is -0.0750. The molecule has 0 aromatic carbocycles. The molecule has 0 spiro atoms.